The van der Waals surface area contributed by atoms with E-state index in [1.54, 1.807) is 45.9 Å². The maximum Gasteiger partial charge on any atom is 0.410 e. The molecular formula is C38H41F4N5O5S. The van der Waals surface area contributed by atoms with Crippen molar-refractivity contribution in [3.05, 3.63) is 125 Å². The SMILES string of the molecule is CC1CN(C(=O)OC(C)(C)C)CC(CCc2c(F)cncc2NC(=O)C(N)C(c2ccc(F)cc2)c2cc(F)cc(F)c2)N1S(=O)(=O)c1ccccc1. The zero-order chi connectivity index (χ0) is 38.7. The van der Waals surface area contributed by atoms with E-state index in [4.69, 9.17) is 10.5 Å². The molecule has 15 heteroatoms. The van der Waals surface area contributed by atoms with Crippen molar-refractivity contribution in [2.75, 3.05) is 18.4 Å². The Bertz CT molecular complexity index is 2030. The molecule has 2 amide bonds. The first-order valence-electron chi connectivity index (χ1n) is 16.9. The second kappa shape index (κ2) is 16.0. The molecule has 1 saturated heterocycles. The Balaban J connectivity index is 1.44. The summed E-state index contributed by atoms with van der Waals surface area (Å²) in [6.07, 6.45) is 1.41. The zero-order valence-corrected chi connectivity index (χ0v) is 30.4. The summed E-state index contributed by atoms with van der Waals surface area (Å²) in [6.45, 7) is 6.81. The van der Waals surface area contributed by atoms with Crippen molar-refractivity contribution in [1.82, 2.24) is 14.2 Å². The summed E-state index contributed by atoms with van der Waals surface area (Å²) in [5, 5.41) is 2.58. The summed E-state index contributed by atoms with van der Waals surface area (Å²) < 4.78 is 92.9. The Labute approximate surface area is 306 Å². The molecule has 3 N–H and O–H groups in total. The number of aromatic nitrogens is 1. The van der Waals surface area contributed by atoms with E-state index >= 15 is 4.39 Å². The summed E-state index contributed by atoms with van der Waals surface area (Å²) in [6, 6.07) is 12.4. The third-order valence-corrected chi connectivity index (χ3v) is 10.9. The predicted octanol–water partition coefficient (Wildman–Crippen LogP) is 6.37. The summed E-state index contributed by atoms with van der Waals surface area (Å²) in [7, 11) is -4.09. The summed E-state index contributed by atoms with van der Waals surface area (Å²) in [5.41, 5.74) is 5.83. The molecule has 4 unspecified atom stereocenters. The number of carbonyl (C=O) groups excluding carboxylic acids is 2. The van der Waals surface area contributed by atoms with E-state index in [0.717, 1.165) is 30.5 Å². The van der Waals surface area contributed by atoms with E-state index in [9.17, 15) is 31.2 Å². The third kappa shape index (κ3) is 9.39. The van der Waals surface area contributed by atoms with Crippen molar-refractivity contribution in [2.24, 2.45) is 5.73 Å². The molecule has 4 atom stereocenters. The standard InChI is InChI=1S/C38H41F4N5O5S/c1-23-21-46(37(49)52-38(2,3)4)22-29(47(23)53(50,51)30-8-6-5-7-9-30)14-15-31-32(42)19-44-20-33(31)45-36(48)35(43)34(24-10-12-26(39)13-11-24)25-16-27(40)18-28(41)17-25/h5-13,16-20,23,29,34-35H,14-15,21-22,43H2,1-4H3,(H,45,48). The lowest BCUT2D eigenvalue weighted by molar-refractivity contribution is -0.117. The second-order valence-electron chi connectivity index (χ2n) is 14.0. The molecule has 1 fully saturated rings. The van der Waals surface area contributed by atoms with Gasteiger partial charge in [-0.25, -0.2) is 30.8 Å². The number of nitrogens with zero attached hydrogens (tertiary/aromatic N) is 3. The van der Waals surface area contributed by atoms with Gasteiger partial charge in [-0.05, 0) is 88.1 Å². The number of halogens is 4. The normalized spacial score (nSPS) is 17.9. The van der Waals surface area contributed by atoms with Crippen molar-refractivity contribution in [3.8, 4) is 0 Å². The molecule has 0 bridgehead atoms. The Hall–Kier alpha value is -4.86. The van der Waals surface area contributed by atoms with Gasteiger partial charge in [-0.15, -0.1) is 0 Å². The van der Waals surface area contributed by atoms with Crippen LogP contribution in [-0.2, 0) is 26.0 Å². The largest absolute Gasteiger partial charge is 0.444 e. The highest BCUT2D eigenvalue weighted by molar-refractivity contribution is 7.89. The van der Waals surface area contributed by atoms with Gasteiger partial charge in [0.05, 0.1) is 29.0 Å². The highest BCUT2D eigenvalue weighted by atomic mass is 32.2. The number of benzene rings is 3. The summed E-state index contributed by atoms with van der Waals surface area (Å²) in [4.78, 5) is 32.2. The Morgan fingerprint density at radius 2 is 1.57 bits per heavy atom. The van der Waals surface area contributed by atoms with Crippen molar-refractivity contribution < 1.29 is 40.3 Å². The van der Waals surface area contributed by atoms with Gasteiger partial charge < -0.3 is 20.7 Å². The van der Waals surface area contributed by atoms with E-state index in [0.29, 0.717) is 6.07 Å². The number of hydrogen-bond donors (Lipinski definition) is 2. The number of sulfonamides is 1. The minimum Gasteiger partial charge on any atom is -0.444 e. The fourth-order valence-corrected chi connectivity index (χ4v) is 8.39. The van der Waals surface area contributed by atoms with Crippen LogP contribution < -0.4 is 11.1 Å². The quantitative estimate of drug-likeness (QED) is 0.180. The molecule has 10 nitrogen and oxygen atoms in total. The van der Waals surface area contributed by atoms with E-state index in [1.165, 1.54) is 39.7 Å². The molecule has 0 aliphatic carbocycles. The molecule has 53 heavy (non-hydrogen) atoms. The molecule has 0 radical (unpaired) electrons. The van der Waals surface area contributed by atoms with Crippen molar-refractivity contribution in [2.45, 2.75) is 75.1 Å². The van der Waals surface area contributed by atoms with Gasteiger partial charge in [0.15, 0.2) is 0 Å². The Morgan fingerprint density at radius 3 is 2.19 bits per heavy atom. The van der Waals surface area contributed by atoms with E-state index in [2.05, 4.69) is 10.3 Å². The number of ether oxygens (including phenoxy) is 1. The second-order valence-corrected chi connectivity index (χ2v) is 15.8. The molecular weight excluding hydrogens is 715 g/mol. The lowest BCUT2D eigenvalue weighted by Gasteiger charge is -2.44. The highest BCUT2D eigenvalue weighted by Gasteiger charge is 2.42. The minimum absolute atomic E-state index is 0.00628. The average molecular weight is 756 g/mol. The smallest absolute Gasteiger partial charge is 0.410 e. The van der Waals surface area contributed by atoms with Gasteiger partial charge in [0.2, 0.25) is 15.9 Å². The maximum atomic E-state index is 15.6. The molecule has 282 valence electrons. The fraction of sp³-hybridized carbons (Fsp3) is 0.342. The number of carbonyl (C=O) groups is 2. The molecule has 1 aliphatic rings. The van der Waals surface area contributed by atoms with Crippen LogP contribution in [0.25, 0.3) is 0 Å². The maximum absolute atomic E-state index is 15.6. The number of nitrogens with two attached hydrogens (primary N) is 1. The number of hydrogen-bond acceptors (Lipinski definition) is 7. The predicted molar refractivity (Wildman–Crippen MR) is 190 cm³/mol. The van der Waals surface area contributed by atoms with Crippen LogP contribution in [-0.4, -0.2) is 71.4 Å². The topological polar surface area (TPSA) is 135 Å². The monoisotopic (exact) mass is 755 g/mol. The van der Waals surface area contributed by atoms with Crippen LogP contribution in [0.15, 0.2) is 90.1 Å². The van der Waals surface area contributed by atoms with Gasteiger partial charge >= 0.3 is 6.09 Å². The Kier molecular flexibility index (Phi) is 11.9. The first kappa shape index (κ1) is 39.3. The molecule has 1 aromatic heterocycles. The molecule has 1 aliphatic heterocycles. The molecule has 5 rings (SSSR count). The van der Waals surface area contributed by atoms with Crippen LogP contribution in [0.3, 0.4) is 0 Å². The van der Waals surface area contributed by atoms with E-state index in [-0.39, 0.29) is 53.2 Å². The first-order valence-corrected chi connectivity index (χ1v) is 18.4. The lowest BCUT2D eigenvalue weighted by atomic mass is 9.84. The molecule has 0 saturated carbocycles. The van der Waals surface area contributed by atoms with Gasteiger partial charge in [-0.1, -0.05) is 30.3 Å². The number of amides is 2. The highest BCUT2D eigenvalue weighted by Crippen LogP contribution is 2.32. The van der Waals surface area contributed by atoms with Crippen LogP contribution in [0.2, 0.25) is 0 Å². The first-order chi connectivity index (χ1) is 24.9. The number of nitrogens with one attached hydrogen (secondary N) is 1. The van der Waals surface area contributed by atoms with Crippen LogP contribution in [0.1, 0.15) is 56.7 Å². The number of pyridine rings is 1. The minimum atomic E-state index is -4.09. The zero-order valence-electron chi connectivity index (χ0n) is 29.6. The van der Waals surface area contributed by atoms with Crippen LogP contribution in [0.4, 0.5) is 28.0 Å². The van der Waals surface area contributed by atoms with Gasteiger partial charge in [-0.2, -0.15) is 4.31 Å². The lowest BCUT2D eigenvalue weighted by Crippen LogP contribution is -2.61. The Morgan fingerprint density at radius 1 is 0.925 bits per heavy atom. The third-order valence-electron chi connectivity index (χ3n) is 8.81. The van der Waals surface area contributed by atoms with Crippen LogP contribution in [0, 0.1) is 23.3 Å². The van der Waals surface area contributed by atoms with Gasteiger partial charge in [0.1, 0.15) is 28.9 Å². The summed E-state index contributed by atoms with van der Waals surface area (Å²) in [5.74, 6) is -5.23. The van der Waals surface area contributed by atoms with E-state index < -0.39 is 74.9 Å². The van der Waals surface area contributed by atoms with Crippen LogP contribution in [0.5, 0.6) is 0 Å². The fourth-order valence-electron chi connectivity index (χ4n) is 6.54. The van der Waals surface area contributed by atoms with E-state index in [1.807, 2.05) is 0 Å². The molecule has 0 spiro atoms. The summed E-state index contributed by atoms with van der Waals surface area (Å²) >= 11 is 0. The van der Waals surface area contributed by atoms with Crippen LogP contribution >= 0.6 is 0 Å². The van der Waals surface area contributed by atoms with Gasteiger partial charge in [0.25, 0.3) is 0 Å². The average Bonchev–Trinajstić information content (AvgIpc) is 3.07. The molecule has 2 heterocycles. The number of piperazine rings is 1. The van der Waals surface area contributed by atoms with Crippen molar-refractivity contribution in [3.63, 3.8) is 0 Å². The number of anilines is 1. The van der Waals surface area contributed by atoms with Gasteiger partial charge in [-0.3, -0.25) is 9.78 Å². The van der Waals surface area contributed by atoms with Gasteiger partial charge in [0, 0.05) is 42.7 Å². The number of rotatable bonds is 10. The van der Waals surface area contributed by atoms with Crippen molar-refractivity contribution in [1.29, 1.82) is 0 Å². The molecule has 3 aromatic carbocycles. The van der Waals surface area contributed by atoms with Crippen molar-refractivity contribution >= 4 is 27.7 Å². The molecule has 4 aromatic rings.